The third-order valence-corrected chi connectivity index (χ3v) is 2.24. The fourth-order valence-corrected chi connectivity index (χ4v) is 1.40. The van der Waals surface area contributed by atoms with Crippen LogP contribution in [0.1, 0.15) is 0 Å². The number of hydrogen-bond acceptors (Lipinski definition) is 11. The highest BCUT2D eigenvalue weighted by Crippen LogP contribution is 1.91. The Morgan fingerprint density at radius 3 is 1.56 bits per heavy atom. The molecule has 1 amide bonds. The van der Waals surface area contributed by atoms with Crippen molar-refractivity contribution in [2.24, 2.45) is 0 Å². The zero-order valence-electron chi connectivity index (χ0n) is 12.4. The number of aliphatic carboxylic acids is 4. The number of hydrogen-bond donors (Lipinski definition) is 1. The molecule has 1 N–H and O–H groups in total. The highest BCUT2D eigenvalue weighted by molar-refractivity contribution is 5.96. The molecular formula is C12H11N2O11-3. The average Bonchev–Trinajstić information content (AvgIpc) is 2.41. The third-order valence-electron chi connectivity index (χ3n) is 2.24. The molecule has 0 rings (SSSR count). The number of amides is 1. The van der Waals surface area contributed by atoms with E-state index in [0.29, 0.717) is 12.2 Å². The molecule has 0 aromatic heterocycles. The Hall–Kier alpha value is -3.48. The molecule has 0 unspecified atom stereocenters. The van der Waals surface area contributed by atoms with Gasteiger partial charge in [-0.25, -0.2) is 4.79 Å². The van der Waals surface area contributed by atoms with Crippen LogP contribution >= 0.6 is 0 Å². The van der Waals surface area contributed by atoms with Gasteiger partial charge in [0.2, 0.25) is 5.91 Å². The summed E-state index contributed by atoms with van der Waals surface area (Å²) in [6, 6.07) is 0. The van der Waals surface area contributed by atoms with E-state index in [1.807, 2.05) is 0 Å². The normalized spacial score (nSPS) is 10.4. The van der Waals surface area contributed by atoms with Gasteiger partial charge in [-0.2, -0.15) is 0 Å². The summed E-state index contributed by atoms with van der Waals surface area (Å²) in [6.45, 7) is -4.25. The molecule has 0 saturated heterocycles. The molecule has 0 aliphatic heterocycles. The highest BCUT2D eigenvalue weighted by Gasteiger charge is 2.16. The number of carbonyl (C=O) groups excluding carboxylic acids is 6. The van der Waals surface area contributed by atoms with E-state index in [4.69, 9.17) is 0 Å². The summed E-state index contributed by atoms with van der Waals surface area (Å²) in [5.41, 5.74) is 0. The van der Waals surface area contributed by atoms with Crippen molar-refractivity contribution in [2.45, 2.75) is 0 Å². The van der Waals surface area contributed by atoms with Crippen LogP contribution in [-0.2, 0) is 33.6 Å². The molecule has 0 heterocycles. The number of nitrogens with zero attached hydrogens (tertiary/aromatic N) is 1. The first-order chi connectivity index (χ1) is 11.5. The first-order valence-corrected chi connectivity index (χ1v) is 6.34. The minimum Gasteiger partial charge on any atom is -0.548 e. The molecule has 13 nitrogen and oxygen atoms in total. The zero-order chi connectivity index (χ0) is 19.6. The Bertz CT molecular complexity index is 566. The van der Waals surface area contributed by atoms with Gasteiger partial charge in [0.05, 0.1) is 37.0 Å². The van der Waals surface area contributed by atoms with Crippen molar-refractivity contribution in [1.29, 1.82) is 0 Å². The van der Waals surface area contributed by atoms with Gasteiger partial charge in [0, 0.05) is 12.2 Å². The molecule has 138 valence electrons. The van der Waals surface area contributed by atoms with Gasteiger partial charge in [-0.15, -0.1) is 5.06 Å². The molecule has 0 aliphatic carbocycles. The van der Waals surface area contributed by atoms with E-state index in [0.717, 1.165) is 0 Å². The van der Waals surface area contributed by atoms with Gasteiger partial charge in [-0.1, -0.05) is 0 Å². The fraction of sp³-hybridized carbons (Fsp3) is 0.333. The van der Waals surface area contributed by atoms with Crippen LogP contribution in [0, 0.1) is 0 Å². The molecule has 25 heavy (non-hydrogen) atoms. The SMILES string of the molecule is O=C([O-])CN(CC(=O)[O-])C(=O)/C=C\C(=O)O[NH+](CC(=O)[O-])CC(=O)[O-]. The van der Waals surface area contributed by atoms with Crippen molar-refractivity contribution in [2.75, 3.05) is 26.2 Å². The lowest BCUT2D eigenvalue weighted by Gasteiger charge is -2.22. The maximum atomic E-state index is 11.6. The lowest BCUT2D eigenvalue weighted by molar-refractivity contribution is -1.06. The number of carbonyl (C=O) groups is 6. The van der Waals surface area contributed by atoms with Gasteiger partial charge in [-0.05, 0) is 0 Å². The largest absolute Gasteiger partial charge is 0.548 e. The molecule has 0 fully saturated rings. The molecule has 13 heteroatoms. The first kappa shape index (κ1) is 21.5. The summed E-state index contributed by atoms with van der Waals surface area (Å²) in [7, 11) is 0. The minimum atomic E-state index is -1.77. The molecule has 0 bridgehead atoms. The third kappa shape index (κ3) is 10.8. The van der Waals surface area contributed by atoms with E-state index in [2.05, 4.69) is 4.84 Å². The van der Waals surface area contributed by atoms with Crippen LogP contribution in [0.4, 0.5) is 0 Å². The minimum absolute atomic E-state index is 0.265. The van der Waals surface area contributed by atoms with Crippen LogP contribution in [0.2, 0.25) is 0 Å². The van der Waals surface area contributed by atoms with E-state index in [1.54, 1.807) is 0 Å². The Morgan fingerprint density at radius 2 is 1.20 bits per heavy atom. The number of rotatable bonds is 11. The van der Waals surface area contributed by atoms with Crippen molar-refractivity contribution in [3.8, 4) is 0 Å². The lowest BCUT2D eigenvalue weighted by Crippen LogP contribution is -3.14. The lowest BCUT2D eigenvalue weighted by atomic mass is 10.4. The topological polar surface area (TPSA) is 212 Å². The van der Waals surface area contributed by atoms with Gasteiger partial charge >= 0.3 is 5.97 Å². The smallest absolute Gasteiger partial charge is 0.390 e. The van der Waals surface area contributed by atoms with E-state index in [9.17, 15) is 49.2 Å². The highest BCUT2D eigenvalue weighted by atomic mass is 16.7. The maximum absolute atomic E-state index is 11.6. The Labute approximate surface area is 139 Å². The second kappa shape index (κ2) is 10.3. The van der Waals surface area contributed by atoms with Gasteiger partial charge in [0.15, 0.2) is 13.1 Å². The van der Waals surface area contributed by atoms with E-state index in [-0.39, 0.29) is 4.90 Å². The van der Waals surface area contributed by atoms with Crippen molar-refractivity contribution >= 4 is 35.8 Å². The second-order valence-electron chi connectivity index (χ2n) is 4.33. The predicted molar refractivity (Wildman–Crippen MR) is 62.5 cm³/mol. The van der Waals surface area contributed by atoms with Crippen LogP contribution < -0.4 is 25.5 Å². The number of carboxylic acids is 4. The molecule has 0 atom stereocenters. The molecule has 0 aromatic carbocycles. The standard InChI is InChI=1S/C12H14N2O11/c15-7(13(3-8(16)17)4-9(18)19)1-2-12(24)25-14(5-10(20)21)6-11(22)23/h1-2H,3-6H2,(H,16,17)(H,18,19)(H,20,21)(H,22,23)/p-3/b2-1-. The van der Waals surface area contributed by atoms with Crippen molar-refractivity contribution in [1.82, 2.24) is 4.90 Å². The summed E-state index contributed by atoms with van der Waals surface area (Å²) in [5.74, 6) is -9.62. The average molecular weight is 359 g/mol. The molecule has 0 aliphatic rings. The maximum Gasteiger partial charge on any atom is 0.390 e. The van der Waals surface area contributed by atoms with Gasteiger partial charge in [0.1, 0.15) is 0 Å². The Balaban J connectivity index is 4.88. The zero-order valence-corrected chi connectivity index (χ0v) is 12.4. The van der Waals surface area contributed by atoms with E-state index >= 15 is 0 Å². The number of nitrogens with one attached hydrogen (secondary N) is 1. The molecule has 0 saturated carbocycles. The fourth-order valence-electron chi connectivity index (χ4n) is 1.40. The van der Waals surface area contributed by atoms with Gasteiger partial charge in [0.25, 0.3) is 0 Å². The van der Waals surface area contributed by atoms with Crippen LogP contribution in [0.3, 0.4) is 0 Å². The monoisotopic (exact) mass is 359 g/mol. The van der Waals surface area contributed by atoms with Gasteiger partial charge in [-0.3, -0.25) is 9.63 Å². The van der Waals surface area contributed by atoms with Crippen molar-refractivity contribution in [3.05, 3.63) is 12.2 Å². The molecule has 0 aromatic rings. The Morgan fingerprint density at radius 1 is 0.760 bits per heavy atom. The van der Waals surface area contributed by atoms with Crippen LogP contribution in [0.15, 0.2) is 12.2 Å². The van der Waals surface area contributed by atoms with Crippen LogP contribution in [-0.4, -0.2) is 66.8 Å². The molecular weight excluding hydrogens is 348 g/mol. The molecule has 0 spiro atoms. The number of carboxylic acid groups (broad SMARTS) is 4. The van der Waals surface area contributed by atoms with Gasteiger partial charge < -0.3 is 44.5 Å². The van der Waals surface area contributed by atoms with Crippen LogP contribution in [0.5, 0.6) is 0 Å². The second-order valence-corrected chi connectivity index (χ2v) is 4.33. The summed E-state index contributed by atoms with van der Waals surface area (Å²) in [5, 5.41) is 40.9. The summed E-state index contributed by atoms with van der Waals surface area (Å²) in [6.07, 6.45) is 0.842. The molecule has 0 radical (unpaired) electrons. The quantitative estimate of drug-likeness (QED) is 0.270. The van der Waals surface area contributed by atoms with E-state index < -0.39 is 67.0 Å². The van der Waals surface area contributed by atoms with Crippen molar-refractivity contribution in [3.63, 3.8) is 0 Å². The van der Waals surface area contributed by atoms with Crippen molar-refractivity contribution < 1.29 is 59.1 Å². The van der Waals surface area contributed by atoms with Crippen LogP contribution in [0.25, 0.3) is 0 Å². The summed E-state index contributed by atoms with van der Waals surface area (Å²) < 4.78 is 0. The predicted octanol–water partition coefficient (Wildman–Crippen LogP) is -9.29. The summed E-state index contributed by atoms with van der Waals surface area (Å²) in [4.78, 5) is 69.3. The Kier molecular flexibility index (Phi) is 8.89. The van der Waals surface area contributed by atoms with E-state index in [1.165, 1.54) is 0 Å². The number of quaternary nitrogens is 1. The first-order valence-electron chi connectivity index (χ1n) is 6.34. The number of hydroxylamine groups is 2. The summed E-state index contributed by atoms with van der Waals surface area (Å²) >= 11 is 0.